The van der Waals surface area contributed by atoms with Crippen molar-refractivity contribution < 1.29 is 9.26 Å². The second kappa shape index (κ2) is 4.74. The lowest BCUT2D eigenvalue weighted by Gasteiger charge is -2.05. The van der Waals surface area contributed by atoms with Gasteiger partial charge in [-0.2, -0.15) is 0 Å². The molecule has 4 heteroatoms. The third-order valence-corrected chi connectivity index (χ3v) is 2.15. The molecule has 88 valence electrons. The Bertz CT molecular complexity index is 514. The van der Waals surface area contributed by atoms with Crippen LogP contribution in [-0.2, 0) is 0 Å². The molecular weight excluding hydrogens is 216 g/mol. The molecule has 0 unspecified atom stereocenters. The van der Waals surface area contributed by atoms with E-state index in [0.717, 1.165) is 16.9 Å². The second-order valence-electron chi connectivity index (χ2n) is 3.89. The third kappa shape index (κ3) is 2.87. The van der Waals surface area contributed by atoms with Crippen LogP contribution >= 0.6 is 0 Å². The van der Waals surface area contributed by atoms with Crippen molar-refractivity contribution in [3.05, 3.63) is 42.5 Å². The van der Waals surface area contributed by atoms with Gasteiger partial charge in [0.25, 0.3) is 0 Å². The topological polar surface area (TPSA) is 61.3 Å². The Morgan fingerprint density at radius 1 is 1.41 bits per heavy atom. The molecule has 0 amide bonds. The van der Waals surface area contributed by atoms with Crippen LogP contribution in [0, 0.1) is 0 Å². The maximum absolute atomic E-state index is 5.49. The van der Waals surface area contributed by atoms with Crippen LogP contribution in [0.4, 0.5) is 5.82 Å². The Hall–Kier alpha value is -2.23. The first-order valence-corrected chi connectivity index (χ1v) is 5.25. The standard InChI is InChI=1S/C13H14N2O2/c1-9(2)8-16-11-5-3-10(4-6-11)12-7-13(14)15-17-12/h3-7H,1,8H2,2H3,(H2,14,15). The van der Waals surface area contributed by atoms with Crippen LogP contribution < -0.4 is 10.5 Å². The van der Waals surface area contributed by atoms with Gasteiger partial charge in [-0.15, -0.1) is 0 Å². The quantitative estimate of drug-likeness (QED) is 0.820. The Kier molecular flexibility index (Phi) is 3.14. The van der Waals surface area contributed by atoms with Gasteiger partial charge in [0, 0.05) is 11.6 Å². The predicted molar refractivity (Wildman–Crippen MR) is 66.7 cm³/mol. The van der Waals surface area contributed by atoms with Crippen LogP contribution in [0.2, 0.25) is 0 Å². The molecule has 0 saturated carbocycles. The van der Waals surface area contributed by atoms with Crippen LogP contribution in [0.15, 0.2) is 47.0 Å². The maximum Gasteiger partial charge on any atom is 0.169 e. The zero-order valence-electron chi connectivity index (χ0n) is 9.64. The van der Waals surface area contributed by atoms with Gasteiger partial charge < -0.3 is 15.0 Å². The minimum Gasteiger partial charge on any atom is -0.489 e. The van der Waals surface area contributed by atoms with Crippen molar-refractivity contribution in [2.24, 2.45) is 0 Å². The molecule has 0 aliphatic heterocycles. The number of hydrogen-bond acceptors (Lipinski definition) is 4. The fraction of sp³-hybridized carbons (Fsp3) is 0.154. The average Bonchev–Trinajstić information content (AvgIpc) is 2.74. The highest BCUT2D eigenvalue weighted by Crippen LogP contribution is 2.23. The molecule has 0 aliphatic carbocycles. The van der Waals surface area contributed by atoms with Gasteiger partial charge in [-0.05, 0) is 36.8 Å². The van der Waals surface area contributed by atoms with Gasteiger partial charge in [-0.25, -0.2) is 0 Å². The van der Waals surface area contributed by atoms with Crippen molar-refractivity contribution >= 4 is 5.82 Å². The highest BCUT2D eigenvalue weighted by molar-refractivity contribution is 5.60. The van der Waals surface area contributed by atoms with E-state index in [2.05, 4.69) is 11.7 Å². The lowest BCUT2D eigenvalue weighted by atomic mass is 10.1. The van der Waals surface area contributed by atoms with Crippen LogP contribution in [0.5, 0.6) is 5.75 Å². The number of hydrogen-bond donors (Lipinski definition) is 1. The average molecular weight is 230 g/mol. The first kappa shape index (κ1) is 11.3. The number of benzene rings is 1. The first-order chi connectivity index (χ1) is 8.15. The number of ether oxygens (including phenoxy) is 1. The molecular formula is C13H14N2O2. The van der Waals surface area contributed by atoms with Gasteiger partial charge in [0.1, 0.15) is 12.4 Å². The first-order valence-electron chi connectivity index (χ1n) is 5.25. The number of nitrogen functional groups attached to an aromatic ring is 1. The van der Waals surface area contributed by atoms with Crippen molar-refractivity contribution in [2.75, 3.05) is 12.3 Å². The lowest BCUT2D eigenvalue weighted by molar-refractivity contribution is 0.352. The molecule has 0 radical (unpaired) electrons. The molecule has 0 atom stereocenters. The minimum absolute atomic E-state index is 0.377. The van der Waals surface area contributed by atoms with Crippen LogP contribution in [0.3, 0.4) is 0 Å². The largest absolute Gasteiger partial charge is 0.489 e. The van der Waals surface area contributed by atoms with Gasteiger partial charge in [0.05, 0.1) is 0 Å². The highest BCUT2D eigenvalue weighted by Gasteiger charge is 2.04. The number of rotatable bonds is 4. The molecule has 0 saturated heterocycles. The molecule has 4 nitrogen and oxygen atoms in total. The van der Waals surface area contributed by atoms with E-state index in [0.29, 0.717) is 18.2 Å². The molecule has 17 heavy (non-hydrogen) atoms. The summed E-state index contributed by atoms with van der Waals surface area (Å²) in [5, 5.41) is 3.63. The summed E-state index contributed by atoms with van der Waals surface area (Å²) < 4.78 is 10.6. The fourth-order valence-electron chi connectivity index (χ4n) is 1.35. The van der Waals surface area contributed by atoms with Gasteiger partial charge in [0.15, 0.2) is 11.6 Å². The lowest BCUT2D eigenvalue weighted by Crippen LogP contribution is -1.96. The Labute approximate surface area is 99.7 Å². The predicted octanol–water partition coefficient (Wildman–Crippen LogP) is 2.88. The van der Waals surface area contributed by atoms with Gasteiger partial charge in [-0.3, -0.25) is 0 Å². The second-order valence-corrected chi connectivity index (χ2v) is 3.89. The van der Waals surface area contributed by atoms with Crippen molar-refractivity contribution in [3.8, 4) is 17.1 Å². The van der Waals surface area contributed by atoms with Crippen molar-refractivity contribution in [1.82, 2.24) is 5.16 Å². The van der Waals surface area contributed by atoms with Crippen LogP contribution in [0.1, 0.15) is 6.92 Å². The van der Waals surface area contributed by atoms with Crippen molar-refractivity contribution in [3.63, 3.8) is 0 Å². The molecule has 1 aromatic heterocycles. The van der Waals surface area contributed by atoms with Gasteiger partial charge in [-0.1, -0.05) is 11.7 Å². The Morgan fingerprint density at radius 2 is 2.12 bits per heavy atom. The van der Waals surface area contributed by atoms with Gasteiger partial charge >= 0.3 is 0 Å². The summed E-state index contributed by atoms with van der Waals surface area (Å²) in [6.45, 7) is 6.22. The maximum atomic E-state index is 5.49. The number of anilines is 1. The summed E-state index contributed by atoms with van der Waals surface area (Å²) in [6.07, 6.45) is 0. The summed E-state index contributed by atoms with van der Waals surface area (Å²) in [7, 11) is 0. The summed E-state index contributed by atoms with van der Waals surface area (Å²) in [5.41, 5.74) is 7.38. The van der Waals surface area contributed by atoms with E-state index >= 15 is 0 Å². The normalized spacial score (nSPS) is 10.2. The fourth-order valence-corrected chi connectivity index (χ4v) is 1.35. The van der Waals surface area contributed by atoms with Gasteiger partial charge in [0.2, 0.25) is 0 Å². The minimum atomic E-state index is 0.377. The van der Waals surface area contributed by atoms with E-state index < -0.39 is 0 Å². The summed E-state index contributed by atoms with van der Waals surface area (Å²) >= 11 is 0. The SMILES string of the molecule is C=C(C)COc1ccc(-c2cc(N)no2)cc1. The molecule has 1 aromatic carbocycles. The number of nitrogens with zero attached hydrogens (tertiary/aromatic N) is 1. The Balaban J connectivity index is 2.10. The molecule has 0 bridgehead atoms. The highest BCUT2D eigenvalue weighted by atomic mass is 16.5. The molecule has 2 rings (SSSR count). The van der Waals surface area contributed by atoms with E-state index in [9.17, 15) is 0 Å². The van der Waals surface area contributed by atoms with E-state index in [1.165, 1.54) is 0 Å². The van der Waals surface area contributed by atoms with Crippen molar-refractivity contribution in [1.29, 1.82) is 0 Å². The van der Waals surface area contributed by atoms with E-state index in [-0.39, 0.29) is 0 Å². The monoisotopic (exact) mass is 230 g/mol. The zero-order chi connectivity index (χ0) is 12.3. The Morgan fingerprint density at radius 3 is 2.65 bits per heavy atom. The van der Waals surface area contributed by atoms with E-state index in [4.69, 9.17) is 15.0 Å². The zero-order valence-corrected chi connectivity index (χ0v) is 9.64. The van der Waals surface area contributed by atoms with E-state index in [1.54, 1.807) is 6.07 Å². The molecule has 0 aliphatic rings. The molecule has 0 fully saturated rings. The molecule has 0 spiro atoms. The number of aromatic nitrogens is 1. The summed E-state index contributed by atoms with van der Waals surface area (Å²) in [4.78, 5) is 0. The summed E-state index contributed by atoms with van der Waals surface area (Å²) in [6, 6.07) is 9.22. The number of nitrogens with two attached hydrogens (primary N) is 1. The molecule has 2 aromatic rings. The van der Waals surface area contributed by atoms with Crippen molar-refractivity contribution in [2.45, 2.75) is 6.92 Å². The van der Waals surface area contributed by atoms with Crippen LogP contribution in [-0.4, -0.2) is 11.8 Å². The van der Waals surface area contributed by atoms with Crippen LogP contribution in [0.25, 0.3) is 11.3 Å². The third-order valence-electron chi connectivity index (χ3n) is 2.15. The van der Waals surface area contributed by atoms with E-state index in [1.807, 2.05) is 31.2 Å². The smallest absolute Gasteiger partial charge is 0.169 e. The molecule has 1 heterocycles. The molecule has 2 N–H and O–H groups in total. The summed E-state index contributed by atoms with van der Waals surface area (Å²) in [5.74, 6) is 1.82.